The molecular weight excluding hydrogens is 327 g/mol. The number of aliphatic imine (C=N–C) groups is 1. The van der Waals surface area contributed by atoms with Gasteiger partial charge in [-0.2, -0.15) is 0 Å². The SMILES string of the molecule is CN1[C@@H](C(=O)O)CS[C@H]1[C@H]1CSC(c2cc(F)ccc2O)=N1. The molecule has 0 spiro atoms. The molecule has 2 heterocycles. The Balaban J connectivity index is 1.80. The fraction of sp³-hybridized carbons (Fsp3) is 0.429. The summed E-state index contributed by atoms with van der Waals surface area (Å²) in [7, 11) is 1.79. The molecule has 0 saturated carbocycles. The maximum atomic E-state index is 13.3. The second-order valence-electron chi connectivity index (χ2n) is 5.22. The lowest BCUT2D eigenvalue weighted by molar-refractivity contribution is -0.141. The molecule has 0 bridgehead atoms. The number of halogens is 1. The molecular formula is C14H15FN2O3S2. The van der Waals surface area contributed by atoms with Crippen LogP contribution < -0.4 is 0 Å². The highest BCUT2D eigenvalue weighted by Crippen LogP contribution is 2.37. The fourth-order valence-corrected chi connectivity index (χ4v) is 5.35. The third-order valence-corrected chi connectivity index (χ3v) is 6.40. The van der Waals surface area contributed by atoms with Crippen LogP contribution in [0.2, 0.25) is 0 Å². The lowest BCUT2D eigenvalue weighted by Crippen LogP contribution is -2.42. The third-order valence-electron chi connectivity index (χ3n) is 3.79. The average molecular weight is 342 g/mol. The summed E-state index contributed by atoms with van der Waals surface area (Å²) in [6, 6.07) is 3.23. The molecule has 118 valence electrons. The second-order valence-corrected chi connectivity index (χ2v) is 7.38. The van der Waals surface area contributed by atoms with Gasteiger partial charge in [-0.05, 0) is 25.2 Å². The first kappa shape index (κ1) is 15.6. The highest BCUT2D eigenvalue weighted by molar-refractivity contribution is 8.14. The third kappa shape index (κ3) is 2.82. The van der Waals surface area contributed by atoms with Gasteiger partial charge in [-0.1, -0.05) is 0 Å². The van der Waals surface area contributed by atoms with E-state index in [-0.39, 0.29) is 17.2 Å². The number of rotatable bonds is 3. The zero-order valence-corrected chi connectivity index (χ0v) is 13.4. The van der Waals surface area contributed by atoms with Crippen LogP contribution in [0.3, 0.4) is 0 Å². The monoisotopic (exact) mass is 342 g/mol. The largest absolute Gasteiger partial charge is 0.507 e. The molecule has 22 heavy (non-hydrogen) atoms. The minimum atomic E-state index is -0.824. The Morgan fingerprint density at radius 3 is 2.91 bits per heavy atom. The Kier molecular flexibility index (Phi) is 4.33. The van der Waals surface area contributed by atoms with E-state index in [1.807, 2.05) is 4.90 Å². The Bertz CT molecular complexity index is 641. The van der Waals surface area contributed by atoms with Gasteiger partial charge in [0.05, 0.1) is 17.0 Å². The Labute approximate surface area is 135 Å². The van der Waals surface area contributed by atoms with Gasteiger partial charge in [0.1, 0.15) is 22.7 Å². The number of thioether (sulfide) groups is 2. The van der Waals surface area contributed by atoms with Crippen LogP contribution in [0.4, 0.5) is 4.39 Å². The second kappa shape index (κ2) is 6.10. The fourth-order valence-electron chi connectivity index (χ4n) is 2.59. The van der Waals surface area contributed by atoms with Gasteiger partial charge in [0.2, 0.25) is 0 Å². The van der Waals surface area contributed by atoms with Crippen LogP contribution >= 0.6 is 23.5 Å². The van der Waals surface area contributed by atoms with E-state index in [1.54, 1.807) is 18.8 Å². The molecule has 3 rings (SSSR count). The van der Waals surface area contributed by atoms with Gasteiger partial charge in [0.15, 0.2) is 0 Å². The number of hydrogen-bond acceptors (Lipinski definition) is 6. The van der Waals surface area contributed by atoms with Crippen molar-refractivity contribution >= 4 is 34.5 Å². The van der Waals surface area contributed by atoms with Gasteiger partial charge in [0.25, 0.3) is 0 Å². The van der Waals surface area contributed by atoms with Crippen molar-refractivity contribution in [1.82, 2.24) is 4.90 Å². The van der Waals surface area contributed by atoms with Crippen molar-refractivity contribution in [3.63, 3.8) is 0 Å². The van der Waals surface area contributed by atoms with Gasteiger partial charge in [0, 0.05) is 11.5 Å². The Morgan fingerprint density at radius 1 is 1.45 bits per heavy atom. The van der Waals surface area contributed by atoms with Crippen molar-refractivity contribution < 1.29 is 19.4 Å². The quantitative estimate of drug-likeness (QED) is 0.873. The highest BCUT2D eigenvalue weighted by Gasteiger charge is 2.41. The van der Waals surface area contributed by atoms with E-state index in [1.165, 1.54) is 30.0 Å². The van der Waals surface area contributed by atoms with E-state index in [0.717, 1.165) is 0 Å². The summed E-state index contributed by atoms with van der Waals surface area (Å²) in [4.78, 5) is 17.6. The number of hydrogen-bond donors (Lipinski definition) is 2. The van der Waals surface area contributed by atoms with Gasteiger partial charge >= 0.3 is 5.97 Å². The normalized spacial score (nSPS) is 28.8. The molecule has 1 saturated heterocycles. The molecule has 3 atom stereocenters. The summed E-state index contributed by atoms with van der Waals surface area (Å²) in [5.41, 5.74) is 0.396. The summed E-state index contributed by atoms with van der Waals surface area (Å²) in [6.45, 7) is 0. The molecule has 0 unspecified atom stereocenters. The number of benzene rings is 1. The van der Waals surface area contributed by atoms with Crippen LogP contribution in [0.1, 0.15) is 5.56 Å². The topological polar surface area (TPSA) is 73.1 Å². The number of aliphatic carboxylic acids is 1. The smallest absolute Gasteiger partial charge is 0.321 e. The lowest BCUT2D eigenvalue weighted by Gasteiger charge is -2.24. The average Bonchev–Trinajstić information content (AvgIpc) is 3.07. The molecule has 0 aliphatic carbocycles. The van der Waals surface area contributed by atoms with E-state index >= 15 is 0 Å². The maximum absolute atomic E-state index is 13.3. The number of carboxylic acids is 1. The van der Waals surface area contributed by atoms with E-state index in [0.29, 0.717) is 22.1 Å². The molecule has 8 heteroatoms. The van der Waals surface area contributed by atoms with Crippen LogP contribution in [0, 0.1) is 5.82 Å². The molecule has 1 aromatic carbocycles. The first-order valence-corrected chi connectivity index (χ1v) is 8.76. The number of likely N-dealkylation sites (N-methyl/N-ethyl adjacent to an activating group) is 1. The van der Waals surface area contributed by atoms with Crippen LogP contribution in [-0.4, -0.2) is 62.1 Å². The van der Waals surface area contributed by atoms with E-state index in [9.17, 15) is 19.4 Å². The summed E-state index contributed by atoms with van der Waals surface area (Å²) in [6.07, 6.45) is 0. The van der Waals surface area contributed by atoms with Crippen LogP contribution in [0.5, 0.6) is 5.75 Å². The molecule has 0 aromatic heterocycles. The van der Waals surface area contributed by atoms with Crippen LogP contribution in [0.15, 0.2) is 23.2 Å². The molecule has 2 N–H and O–H groups in total. The number of aromatic hydroxyl groups is 1. The van der Waals surface area contributed by atoms with Crippen molar-refractivity contribution in [1.29, 1.82) is 0 Å². The number of carboxylic acid groups (broad SMARTS) is 1. The van der Waals surface area contributed by atoms with Crippen molar-refractivity contribution in [2.75, 3.05) is 18.6 Å². The van der Waals surface area contributed by atoms with Crippen LogP contribution in [0.25, 0.3) is 0 Å². The maximum Gasteiger partial charge on any atom is 0.321 e. The highest BCUT2D eigenvalue weighted by atomic mass is 32.2. The van der Waals surface area contributed by atoms with Gasteiger partial charge < -0.3 is 10.2 Å². The molecule has 5 nitrogen and oxygen atoms in total. The molecule has 2 aliphatic rings. The van der Waals surface area contributed by atoms with Gasteiger partial charge in [-0.3, -0.25) is 14.7 Å². The van der Waals surface area contributed by atoms with Crippen molar-refractivity contribution in [2.24, 2.45) is 4.99 Å². The summed E-state index contributed by atoms with van der Waals surface area (Å²) < 4.78 is 13.3. The number of nitrogens with zero attached hydrogens (tertiary/aromatic N) is 2. The predicted molar refractivity (Wildman–Crippen MR) is 86.3 cm³/mol. The van der Waals surface area contributed by atoms with Crippen molar-refractivity contribution in [3.8, 4) is 5.75 Å². The zero-order chi connectivity index (χ0) is 15.9. The number of phenols is 1. The standard InChI is InChI=1S/C14H15FN2O3S2/c1-17-10(14(19)20)6-22-13(17)9-5-21-12(16-9)8-4-7(15)2-3-11(8)18/h2-4,9-10,13,18H,5-6H2,1H3,(H,19,20)/t9-,10-,13+/m1/s1. The number of carbonyl (C=O) groups is 1. The van der Waals surface area contributed by atoms with E-state index in [2.05, 4.69) is 4.99 Å². The van der Waals surface area contributed by atoms with Crippen molar-refractivity contribution in [2.45, 2.75) is 17.5 Å². The molecule has 2 aliphatic heterocycles. The number of phenolic OH excluding ortho intramolecular Hbond substituents is 1. The minimum Gasteiger partial charge on any atom is -0.507 e. The minimum absolute atomic E-state index is 0.00384. The van der Waals surface area contributed by atoms with Gasteiger partial charge in [-0.15, -0.1) is 23.5 Å². The van der Waals surface area contributed by atoms with Crippen LogP contribution in [-0.2, 0) is 4.79 Å². The zero-order valence-electron chi connectivity index (χ0n) is 11.8. The first-order valence-electron chi connectivity index (χ1n) is 6.73. The molecule has 1 fully saturated rings. The summed E-state index contributed by atoms with van der Waals surface area (Å²) in [5.74, 6) is -0.00925. The molecule has 1 aromatic rings. The summed E-state index contributed by atoms with van der Waals surface area (Å²) >= 11 is 3.04. The van der Waals surface area contributed by atoms with Gasteiger partial charge in [-0.25, -0.2) is 4.39 Å². The Morgan fingerprint density at radius 2 is 2.23 bits per heavy atom. The first-order chi connectivity index (χ1) is 10.5. The van der Waals surface area contributed by atoms with Crippen molar-refractivity contribution in [3.05, 3.63) is 29.6 Å². The Hall–Kier alpha value is -1.25. The predicted octanol–water partition coefficient (Wildman–Crippen LogP) is 1.85. The molecule has 0 amide bonds. The van der Waals surface area contributed by atoms with E-state index in [4.69, 9.17) is 0 Å². The lowest BCUT2D eigenvalue weighted by atomic mass is 10.2. The van der Waals surface area contributed by atoms with E-state index < -0.39 is 17.8 Å². The molecule has 0 radical (unpaired) electrons. The summed E-state index contributed by atoms with van der Waals surface area (Å²) in [5, 5.41) is 19.6.